The molecule has 6 heteroatoms. The van der Waals surface area contributed by atoms with E-state index in [4.69, 9.17) is 9.47 Å². The normalized spacial score (nSPS) is 15.3. The van der Waals surface area contributed by atoms with Crippen molar-refractivity contribution < 1.29 is 17.9 Å². The van der Waals surface area contributed by atoms with Crippen LogP contribution in [-0.2, 0) is 35.8 Å². The van der Waals surface area contributed by atoms with Crippen molar-refractivity contribution in [3.05, 3.63) is 58.7 Å². The summed E-state index contributed by atoms with van der Waals surface area (Å²) in [5.41, 5.74) is 4.37. The fourth-order valence-corrected chi connectivity index (χ4v) is 4.98. The molecular formula is C21H25NO4S. The molecule has 0 bridgehead atoms. The van der Waals surface area contributed by atoms with Crippen molar-refractivity contribution in [3.63, 3.8) is 0 Å². The molecule has 0 N–H and O–H groups in total. The lowest BCUT2D eigenvalue weighted by atomic mass is 9.99. The second-order valence-corrected chi connectivity index (χ2v) is 9.37. The second-order valence-electron chi connectivity index (χ2n) is 7.18. The SMILES string of the molecule is CN(Cc1c2c(cc3c1OCC3)OCC2)S(=O)(=O)CCCc1ccccc1. The zero-order valence-corrected chi connectivity index (χ0v) is 16.4. The Hall–Kier alpha value is -2.05. The van der Waals surface area contributed by atoms with Crippen molar-refractivity contribution in [2.24, 2.45) is 0 Å². The number of rotatable bonds is 7. The minimum atomic E-state index is -3.33. The minimum absolute atomic E-state index is 0.146. The van der Waals surface area contributed by atoms with Gasteiger partial charge in [-0.3, -0.25) is 0 Å². The Kier molecular flexibility index (Phi) is 5.10. The van der Waals surface area contributed by atoms with Crippen LogP contribution in [0.15, 0.2) is 36.4 Å². The Bertz CT molecular complexity index is 893. The van der Waals surface area contributed by atoms with E-state index in [2.05, 4.69) is 6.07 Å². The van der Waals surface area contributed by atoms with E-state index in [1.165, 1.54) is 9.87 Å². The van der Waals surface area contributed by atoms with Crippen molar-refractivity contribution in [3.8, 4) is 11.5 Å². The highest BCUT2D eigenvalue weighted by atomic mass is 32.2. The van der Waals surface area contributed by atoms with Gasteiger partial charge in [-0.1, -0.05) is 30.3 Å². The maximum Gasteiger partial charge on any atom is 0.214 e. The summed E-state index contributed by atoms with van der Waals surface area (Å²) in [5, 5.41) is 0. The van der Waals surface area contributed by atoms with Crippen molar-refractivity contribution in [1.82, 2.24) is 4.31 Å². The maximum absolute atomic E-state index is 12.8. The summed E-state index contributed by atoms with van der Waals surface area (Å²) in [6.45, 7) is 1.64. The van der Waals surface area contributed by atoms with E-state index in [9.17, 15) is 8.42 Å². The van der Waals surface area contributed by atoms with Gasteiger partial charge in [-0.05, 0) is 24.5 Å². The monoisotopic (exact) mass is 387 g/mol. The third-order valence-electron chi connectivity index (χ3n) is 5.33. The highest BCUT2D eigenvalue weighted by Gasteiger charge is 2.29. The van der Waals surface area contributed by atoms with Gasteiger partial charge in [-0.15, -0.1) is 0 Å². The quantitative estimate of drug-likeness (QED) is 0.733. The van der Waals surface area contributed by atoms with Gasteiger partial charge < -0.3 is 9.47 Å². The van der Waals surface area contributed by atoms with E-state index in [0.717, 1.165) is 47.5 Å². The molecule has 0 saturated heterocycles. The third-order valence-corrected chi connectivity index (χ3v) is 7.21. The lowest BCUT2D eigenvalue weighted by molar-refractivity contribution is 0.348. The molecule has 144 valence electrons. The van der Waals surface area contributed by atoms with Crippen LogP contribution in [0.3, 0.4) is 0 Å². The van der Waals surface area contributed by atoms with Gasteiger partial charge in [0.2, 0.25) is 10.0 Å². The number of aryl methyl sites for hydroxylation is 1. The molecule has 27 heavy (non-hydrogen) atoms. The molecule has 0 aliphatic carbocycles. The first-order valence-corrected chi connectivity index (χ1v) is 11.1. The fraction of sp³-hybridized carbons (Fsp3) is 0.429. The highest BCUT2D eigenvalue weighted by molar-refractivity contribution is 7.89. The Morgan fingerprint density at radius 2 is 1.85 bits per heavy atom. The van der Waals surface area contributed by atoms with Crippen LogP contribution in [0.2, 0.25) is 0 Å². The summed E-state index contributed by atoms with van der Waals surface area (Å²) in [6, 6.07) is 12.1. The molecule has 0 aromatic heterocycles. The first-order valence-electron chi connectivity index (χ1n) is 9.46. The standard InChI is InChI=1S/C21H25NO4S/c1-22(27(23,24)13-5-8-16-6-3-2-4-7-16)15-19-18-10-12-25-20(18)14-17-9-11-26-21(17)19/h2-4,6-7,14H,5,8-13,15H2,1H3. The number of sulfonamides is 1. The van der Waals surface area contributed by atoms with Crippen LogP contribution in [0.5, 0.6) is 11.5 Å². The molecule has 0 unspecified atom stereocenters. The van der Waals surface area contributed by atoms with Gasteiger partial charge >= 0.3 is 0 Å². The average Bonchev–Trinajstić information content (AvgIpc) is 3.31. The topological polar surface area (TPSA) is 55.8 Å². The van der Waals surface area contributed by atoms with E-state index in [-0.39, 0.29) is 5.75 Å². The third kappa shape index (κ3) is 3.82. The summed E-state index contributed by atoms with van der Waals surface area (Å²) in [6.07, 6.45) is 3.04. The van der Waals surface area contributed by atoms with E-state index < -0.39 is 10.0 Å². The molecule has 0 fully saturated rings. The van der Waals surface area contributed by atoms with Crippen molar-refractivity contribution in [2.45, 2.75) is 32.2 Å². The molecule has 4 rings (SSSR count). The summed E-state index contributed by atoms with van der Waals surface area (Å²) in [7, 11) is -1.67. The van der Waals surface area contributed by atoms with Gasteiger partial charge in [-0.25, -0.2) is 12.7 Å². The maximum atomic E-state index is 12.8. The van der Waals surface area contributed by atoms with E-state index in [1.54, 1.807) is 7.05 Å². The second kappa shape index (κ2) is 7.52. The van der Waals surface area contributed by atoms with Gasteiger partial charge in [0.25, 0.3) is 0 Å². The molecule has 0 atom stereocenters. The predicted molar refractivity (Wildman–Crippen MR) is 105 cm³/mol. The van der Waals surface area contributed by atoms with Gasteiger partial charge in [-0.2, -0.15) is 0 Å². The molecule has 0 saturated carbocycles. The minimum Gasteiger partial charge on any atom is -0.493 e. The molecule has 0 radical (unpaired) electrons. The zero-order chi connectivity index (χ0) is 18.9. The predicted octanol–water partition coefficient (Wildman–Crippen LogP) is 2.95. The van der Waals surface area contributed by atoms with Crippen LogP contribution < -0.4 is 9.47 Å². The van der Waals surface area contributed by atoms with Crippen LogP contribution in [0.25, 0.3) is 0 Å². The molecule has 2 aromatic carbocycles. The van der Waals surface area contributed by atoms with Crippen molar-refractivity contribution in [1.29, 1.82) is 0 Å². The number of fused-ring (bicyclic) bond motifs is 2. The smallest absolute Gasteiger partial charge is 0.214 e. The molecule has 5 nitrogen and oxygen atoms in total. The largest absolute Gasteiger partial charge is 0.493 e. The Balaban J connectivity index is 1.46. The highest BCUT2D eigenvalue weighted by Crippen LogP contribution is 2.41. The number of ether oxygens (including phenoxy) is 2. The zero-order valence-electron chi connectivity index (χ0n) is 15.6. The fourth-order valence-electron chi connectivity index (χ4n) is 3.83. The number of hydrogen-bond acceptors (Lipinski definition) is 4. The molecular weight excluding hydrogens is 362 g/mol. The Morgan fingerprint density at radius 1 is 1.07 bits per heavy atom. The van der Waals surface area contributed by atoms with Gasteiger partial charge in [0, 0.05) is 43.1 Å². The molecule has 0 spiro atoms. The molecule has 2 aromatic rings. The van der Waals surface area contributed by atoms with E-state index in [0.29, 0.717) is 26.2 Å². The van der Waals surface area contributed by atoms with Crippen molar-refractivity contribution >= 4 is 10.0 Å². The Morgan fingerprint density at radius 3 is 2.67 bits per heavy atom. The average molecular weight is 388 g/mol. The van der Waals surface area contributed by atoms with Gasteiger partial charge in [0.05, 0.1) is 19.0 Å². The van der Waals surface area contributed by atoms with E-state index in [1.807, 2.05) is 30.3 Å². The summed E-state index contributed by atoms with van der Waals surface area (Å²) >= 11 is 0. The number of benzene rings is 2. The van der Waals surface area contributed by atoms with Crippen LogP contribution in [0.4, 0.5) is 0 Å². The first-order chi connectivity index (χ1) is 13.0. The summed E-state index contributed by atoms with van der Waals surface area (Å²) < 4.78 is 38.6. The van der Waals surface area contributed by atoms with E-state index >= 15 is 0 Å². The molecule has 0 amide bonds. The lowest BCUT2D eigenvalue weighted by Crippen LogP contribution is -2.29. The number of hydrogen-bond donors (Lipinski definition) is 0. The van der Waals surface area contributed by atoms with Crippen LogP contribution in [-0.4, -0.2) is 38.7 Å². The lowest BCUT2D eigenvalue weighted by Gasteiger charge is -2.20. The first kappa shape index (κ1) is 18.3. The summed E-state index contributed by atoms with van der Waals surface area (Å²) in [4.78, 5) is 0. The van der Waals surface area contributed by atoms with Crippen molar-refractivity contribution in [2.75, 3.05) is 26.0 Å². The number of nitrogens with zero attached hydrogens (tertiary/aromatic N) is 1. The molecule has 2 heterocycles. The molecule has 2 aliphatic rings. The van der Waals surface area contributed by atoms with Gasteiger partial charge in [0.1, 0.15) is 11.5 Å². The molecule has 2 aliphatic heterocycles. The summed E-state index contributed by atoms with van der Waals surface area (Å²) in [5.74, 6) is 1.90. The Labute approximate surface area is 161 Å². The van der Waals surface area contributed by atoms with Crippen LogP contribution >= 0.6 is 0 Å². The van der Waals surface area contributed by atoms with Crippen LogP contribution in [0.1, 0.15) is 28.7 Å². The van der Waals surface area contributed by atoms with Gasteiger partial charge in [0.15, 0.2) is 0 Å². The van der Waals surface area contributed by atoms with Crippen LogP contribution in [0, 0.1) is 0 Å².